The Morgan fingerprint density at radius 3 is 2.45 bits per heavy atom. The van der Waals surface area contributed by atoms with Gasteiger partial charge in [-0.25, -0.2) is 9.18 Å². The molecule has 38 heavy (non-hydrogen) atoms. The van der Waals surface area contributed by atoms with E-state index in [1.54, 1.807) is 48.2 Å². The zero-order valence-corrected chi connectivity index (χ0v) is 22.3. The maximum Gasteiger partial charge on any atom is 0.323 e. The molecule has 0 radical (unpaired) electrons. The number of urea groups is 1. The summed E-state index contributed by atoms with van der Waals surface area (Å²) >= 11 is 0. The number of carbonyl (C=O) groups is 3. The number of fused-ring (bicyclic) bond motifs is 1. The molecule has 11 heteroatoms. The van der Waals surface area contributed by atoms with Crippen LogP contribution in [0.25, 0.3) is 0 Å². The molecule has 206 valence electrons. The van der Waals surface area contributed by atoms with Gasteiger partial charge in [0.05, 0.1) is 17.7 Å². The number of methoxy groups -OCH3 is 2. The molecule has 3 rings (SSSR count). The molecule has 0 aliphatic carbocycles. The Bertz CT molecular complexity index is 1150. The fourth-order valence-corrected chi connectivity index (χ4v) is 4.26. The zero-order valence-electron chi connectivity index (χ0n) is 22.3. The molecule has 1 aliphatic heterocycles. The third-order valence-corrected chi connectivity index (χ3v) is 6.38. The molecule has 0 saturated heterocycles. The first-order chi connectivity index (χ1) is 18.1. The summed E-state index contributed by atoms with van der Waals surface area (Å²) in [5.41, 5.74) is 0.954. The monoisotopic (exact) mass is 530 g/mol. The molecule has 0 saturated carbocycles. The van der Waals surface area contributed by atoms with Gasteiger partial charge in [-0.15, -0.1) is 0 Å². The summed E-state index contributed by atoms with van der Waals surface area (Å²) in [7, 11) is 4.72. The summed E-state index contributed by atoms with van der Waals surface area (Å²) in [6.45, 7) is 4.55. The number of nitrogens with one attached hydrogen (secondary N) is 2. The predicted molar refractivity (Wildman–Crippen MR) is 141 cm³/mol. The lowest BCUT2D eigenvalue weighted by atomic mass is 10.0. The van der Waals surface area contributed by atoms with Crippen LogP contribution in [-0.4, -0.2) is 87.4 Å². The van der Waals surface area contributed by atoms with E-state index in [9.17, 15) is 18.8 Å². The van der Waals surface area contributed by atoms with Gasteiger partial charge in [0.15, 0.2) is 0 Å². The van der Waals surface area contributed by atoms with Gasteiger partial charge in [-0.3, -0.25) is 9.59 Å². The number of hydrogen-bond acceptors (Lipinski definition) is 6. The van der Waals surface area contributed by atoms with Crippen molar-refractivity contribution in [3.63, 3.8) is 0 Å². The highest BCUT2D eigenvalue weighted by Gasteiger charge is 2.30. The second-order valence-electron chi connectivity index (χ2n) is 9.38. The minimum absolute atomic E-state index is 0.0689. The first-order valence-corrected chi connectivity index (χ1v) is 12.3. The van der Waals surface area contributed by atoms with Crippen LogP contribution in [0, 0.1) is 11.7 Å². The molecule has 2 aromatic rings. The van der Waals surface area contributed by atoms with Gasteiger partial charge in [-0.2, -0.15) is 0 Å². The quantitative estimate of drug-likeness (QED) is 0.613. The smallest absolute Gasteiger partial charge is 0.323 e. The van der Waals surface area contributed by atoms with Crippen LogP contribution < -0.4 is 15.4 Å². The molecule has 2 aromatic carbocycles. The minimum atomic E-state index is -0.589. The van der Waals surface area contributed by atoms with E-state index in [4.69, 9.17) is 14.2 Å². The summed E-state index contributed by atoms with van der Waals surface area (Å²) < 4.78 is 30.3. The lowest BCUT2D eigenvalue weighted by molar-refractivity contribution is -0.139. The largest absolute Gasteiger partial charge is 0.491 e. The van der Waals surface area contributed by atoms with Gasteiger partial charge >= 0.3 is 6.03 Å². The van der Waals surface area contributed by atoms with Crippen molar-refractivity contribution in [2.45, 2.75) is 26.0 Å². The normalized spacial score (nSPS) is 20.5. The van der Waals surface area contributed by atoms with Crippen molar-refractivity contribution in [1.82, 2.24) is 9.80 Å². The Morgan fingerprint density at radius 1 is 1.08 bits per heavy atom. The number of ether oxygens (including phenoxy) is 3. The van der Waals surface area contributed by atoms with E-state index in [1.807, 2.05) is 13.8 Å². The summed E-state index contributed by atoms with van der Waals surface area (Å²) in [6.07, 6.45) is -0.315. The van der Waals surface area contributed by atoms with Crippen LogP contribution in [0.4, 0.5) is 20.6 Å². The number of nitrogens with zero attached hydrogens (tertiary/aromatic N) is 2. The van der Waals surface area contributed by atoms with Crippen molar-refractivity contribution in [3.05, 3.63) is 53.8 Å². The topological polar surface area (TPSA) is 109 Å². The summed E-state index contributed by atoms with van der Waals surface area (Å²) in [4.78, 5) is 41.9. The molecule has 1 heterocycles. The average Bonchev–Trinajstić information content (AvgIpc) is 2.87. The Labute approximate surface area is 222 Å². The van der Waals surface area contributed by atoms with Gasteiger partial charge in [-0.1, -0.05) is 13.0 Å². The lowest BCUT2D eigenvalue weighted by Crippen LogP contribution is -2.49. The SMILES string of the molecule is COCC(=O)N1C[C@@H](C)[C@@H](OC)CN(C)C(=O)c2ccc(NC(=O)Nc3cccc(F)c3)cc2OC[C@H]1C. The van der Waals surface area contributed by atoms with Gasteiger partial charge in [0.2, 0.25) is 5.91 Å². The Balaban J connectivity index is 1.88. The fourth-order valence-electron chi connectivity index (χ4n) is 4.26. The van der Waals surface area contributed by atoms with Crippen LogP contribution in [0.1, 0.15) is 24.2 Å². The lowest BCUT2D eigenvalue weighted by Gasteiger charge is -2.36. The van der Waals surface area contributed by atoms with Crippen molar-refractivity contribution in [2.24, 2.45) is 5.92 Å². The number of halogens is 1. The summed E-state index contributed by atoms with van der Waals surface area (Å²) in [5.74, 6) is -0.752. The second-order valence-corrected chi connectivity index (χ2v) is 9.38. The molecule has 1 aliphatic rings. The molecular weight excluding hydrogens is 495 g/mol. The Kier molecular flexibility index (Phi) is 10.0. The predicted octanol–water partition coefficient (Wildman–Crippen LogP) is 3.45. The molecule has 2 N–H and O–H groups in total. The highest BCUT2D eigenvalue weighted by Crippen LogP contribution is 2.27. The maximum absolute atomic E-state index is 13.4. The van der Waals surface area contributed by atoms with E-state index in [-0.39, 0.29) is 48.8 Å². The van der Waals surface area contributed by atoms with E-state index in [2.05, 4.69) is 10.6 Å². The zero-order chi connectivity index (χ0) is 27.8. The van der Waals surface area contributed by atoms with E-state index >= 15 is 0 Å². The van der Waals surface area contributed by atoms with Crippen LogP contribution in [0.15, 0.2) is 42.5 Å². The van der Waals surface area contributed by atoms with Crippen LogP contribution in [0.5, 0.6) is 5.75 Å². The maximum atomic E-state index is 13.4. The molecule has 0 bridgehead atoms. The highest BCUT2D eigenvalue weighted by molar-refractivity contribution is 6.01. The van der Waals surface area contributed by atoms with Gasteiger partial charge in [0.25, 0.3) is 5.91 Å². The molecule has 10 nitrogen and oxygen atoms in total. The highest BCUT2D eigenvalue weighted by atomic mass is 19.1. The van der Waals surface area contributed by atoms with E-state index in [0.29, 0.717) is 30.0 Å². The summed E-state index contributed by atoms with van der Waals surface area (Å²) in [6, 6.07) is 9.29. The number of anilines is 2. The van der Waals surface area contributed by atoms with Crippen molar-refractivity contribution < 1.29 is 33.0 Å². The average molecular weight is 531 g/mol. The standard InChI is InChI=1S/C27H35FN4O6/c1-17-13-32(25(33)16-36-4)18(2)15-38-23-12-21(30-27(35)29-20-8-6-7-19(28)11-20)9-10-22(23)26(34)31(3)14-24(17)37-5/h6-12,17-18,24H,13-16H2,1-5H3,(H2,29,30,35)/t17-,18-,24+/m1/s1. The van der Waals surface area contributed by atoms with E-state index < -0.39 is 11.8 Å². The first-order valence-electron chi connectivity index (χ1n) is 12.3. The molecule has 4 amide bonds. The fraction of sp³-hybridized carbons (Fsp3) is 0.444. The van der Waals surface area contributed by atoms with Gasteiger partial charge in [-0.05, 0) is 37.3 Å². The van der Waals surface area contributed by atoms with Crippen LogP contribution in [0.3, 0.4) is 0 Å². The van der Waals surface area contributed by atoms with Gasteiger partial charge in [0, 0.05) is 57.7 Å². The number of rotatable bonds is 5. The number of benzene rings is 2. The third-order valence-electron chi connectivity index (χ3n) is 6.38. The second kappa shape index (κ2) is 13.2. The minimum Gasteiger partial charge on any atom is -0.491 e. The summed E-state index contributed by atoms with van der Waals surface area (Å²) in [5, 5.41) is 5.23. The molecule has 0 aromatic heterocycles. The van der Waals surface area contributed by atoms with E-state index in [1.165, 1.54) is 25.3 Å². The first kappa shape index (κ1) is 28.9. The Hall–Kier alpha value is -3.70. The number of likely N-dealkylation sites (N-methyl/N-ethyl adjacent to an activating group) is 1. The number of amides is 4. The third kappa shape index (κ3) is 7.42. The number of carbonyl (C=O) groups excluding carboxylic acids is 3. The molecule has 3 atom stereocenters. The van der Waals surface area contributed by atoms with Gasteiger partial charge in [0.1, 0.15) is 24.8 Å². The molecule has 0 unspecified atom stereocenters. The van der Waals surface area contributed by atoms with E-state index in [0.717, 1.165) is 0 Å². The van der Waals surface area contributed by atoms with Crippen LogP contribution >= 0.6 is 0 Å². The van der Waals surface area contributed by atoms with Crippen molar-refractivity contribution in [2.75, 3.05) is 58.2 Å². The Morgan fingerprint density at radius 2 is 1.79 bits per heavy atom. The van der Waals surface area contributed by atoms with Crippen molar-refractivity contribution >= 4 is 29.2 Å². The van der Waals surface area contributed by atoms with Crippen molar-refractivity contribution in [3.8, 4) is 5.75 Å². The molecular formula is C27H35FN4O6. The van der Waals surface area contributed by atoms with Crippen LogP contribution in [0.2, 0.25) is 0 Å². The molecule has 0 spiro atoms. The molecule has 0 fully saturated rings. The van der Waals surface area contributed by atoms with Crippen molar-refractivity contribution in [1.29, 1.82) is 0 Å². The number of hydrogen-bond donors (Lipinski definition) is 2. The van der Waals surface area contributed by atoms with Crippen LogP contribution in [-0.2, 0) is 14.3 Å². The van der Waals surface area contributed by atoms with Gasteiger partial charge < -0.3 is 34.6 Å².